The minimum atomic E-state index is -0.347. The van der Waals surface area contributed by atoms with Gasteiger partial charge >= 0.3 is 0 Å². The lowest BCUT2D eigenvalue weighted by molar-refractivity contribution is 0.0840. The molecule has 2 aromatic heterocycles. The number of fused-ring (bicyclic) bond motifs is 1. The van der Waals surface area contributed by atoms with E-state index in [9.17, 15) is 4.79 Å². The summed E-state index contributed by atoms with van der Waals surface area (Å²) in [5.41, 5.74) is 5.11. The number of tetrazole rings is 1. The molecule has 9 heteroatoms. The summed E-state index contributed by atoms with van der Waals surface area (Å²) < 4.78 is 7.73. The smallest absolute Gasteiger partial charge is 0.253 e. The molecule has 4 heterocycles. The zero-order chi connectivity index (χ0) is 26.1. The van der Waals surface area contributed by atoms with E-state index in [1.54, 1.807) is 0 Å². The molecule has 0 saturated carbocycles. The summed E-state index contributed by atoms with van der Waals surface area (Å²) in [6.45, 7) is 9.90. The van der Waals surface area contributed by atoms with Crippen molar-refractivity contribution < 1.29 is 4.74 Å². The number of hydrogen-bond donors (Lipinski definition) is 1. The molecule has 9 nitrogen and oxygen atoms in total. The Morgan fingerprint density at radius 2 is 1.84 bits per heavy atom. The van der Waals surface area contributed by atoms with Crippen molar-refractivity contribution in [2.24, 2.45) is 0 Å². The molecule has 2 fully saturated rings. The number of pyridine rings is 1. The van der Waals surface area contributed by atoms with E-state index in [2.05, 4.69) is 86.6 Å². The van der Waals surface area contributed by atoms with Gasteiger partial charge in [-0.15, -0.1) is 5.10 Å². The number of ether oxygens (including phenoxy) is 1. The maximum Gasteiger partial charge on any atom is 0.253 e. The second kappa shape index (κ2) is 10.8. The van der Waals surface area contributed by atoms with E-state index in [4.69, 9.17) is 4.74 Å². The highest BCUT2D eigenvalue weighted by Crippen LogP contribution is 2.29. The molecular formula is C29H35N7O2. The van der Waals surface area contributed by atoms with Crippen molar-refractivity contribution in [3.05, 3.63) is 87.0 Å². The summed E-state index contributed by atoms with van der Waals surface area (Å²) in [5, 5.41) is 13.9. The lowest BCUT2D eigenvalue weighted by Crippen LogP contribution is -2.48. The van der Waals surface area contributed by atoms with Gasteiger partial charge in [0.1, 0.15) is 6.04 Å². The fourth-order valence-electron chi connectivity index (χ4n) is 5.74. The number of aromatic nitrogens is 5. The van der Waals surface area contributed by atoms with Crippen molar-refractivity contribution in [2.45, 2.75) is 51.9 Å². The first kappa shape index (κ1) is 24.9. The maximum absolute atomic E-state index is 13.6. The molecule has 4 aromatic rings. The Hall–Kier alpha value is -3.40. The van der Waals surface area contributed by atoms with E-state index < -0.39 is 0 Å². The van der Waals surface area contributed by atoms with Crippen LogP contribution in [0.4, 0.5) is 0 Å². The lowest BCUT2D eigenvalue weighted by atomic mass is 10.00. The van der Waals surface area contributed by atoms with Gasteiger partial charge in [-0.3, -0.25) is 14.6 Å². The fourth-order valence-corrected chi connectivity index (χ4v) is 5.74. The number of nitrogens with zero attached hydrogens (tertiary/aromatic N) is 6. The van der Waals surface area contributed by atoms with Crippen molar-refractivity contribution in [2.75, 3.05) is 32.8 Å². The van der Waals surface area contributed by atoms with E-state index in [1.807, 2.05) is 10.7 Å². The molecule has 0 aliphatic carbocycles. The Bertz CT molecular complexity index is 1450. The quantitative estimate of drug-likeness (QED) is 0.406. The van der Waals surface area contributed by atoms with Gasteiger partial charge in [-0.1, -0.05) is 30.3 Å². The second-order valence-electron chi connectivity index (χ2n) is 10.6. The van der Waals surface area contributed by atoms with E-state index >= 15 is 0 Å². The molecular weight excluding hydrogens is 478 g/mol. The van der Waals surface area contributed by atoms with Gasteiger partial charge in [-0.25, -0.2) is 4.68 Å². The summed E-state index contributed by atoms with van der Waals surface area (Å²) in [7, 11) is 0. The minimum absolute atomic E-state index is 0.0934. The Labute approximate surface area is 222 Å². The fraction of sp³-hybridized carbons (Fsp3) is 0.448. The van der Waals surface area contributed by atoms with Crippen molar-refractivity contribution in [3.8, 4) is 0 Å². The number of aromatic amines is 1. The third-order valence-corrected chi connectivity index (χ3v) is 8.01. The minimum Gasteiger partial charge on any atom is -0.376 e. The predicted octanol–water partition coefficient (Wildman–Crippen LogP) is 3.22. The molecule has 38 heavy (non-hydrogen) atoms. The topological polar surface area (TPSA) is 92.2 Å². The molecule has 2 saturated heterocycles. The van der Waals surface area contributed by atoms with Gasteiger partial charge in [0.15, 0.2) is 5.82 Å². The number of H-pyrrole nitrogens is 1. The summed E-state index contributed by atoms with van der Waals surface area (Å²) in [5.74, 6) is 0.700. The monoisotopic (exact) mass is 513 g/mol. The number of benzene rings is 2. The van der Waals surface area contributed by atoms with Crippen LogP contribution in [0.3, 0.4) is 0 Å². The molecule has 0 bridgehead atoms. The van der Waals surface area contributed by atoms with Crippen LogP contribution in [0.5, 0.6) is 0 Å². The van der Waals surface area contributed by atoms with Gasteiger partial charge in [0.25, 0.3) is 5.56 Å². The molecule has 2 aliphatic rings. The van der Waals surface area contributed by atoms with Crippen LogP contribution in [0.2, 0.25) is 0 Å². The van der Waals surface area contributed by atoms with E-state index in [-0.39, 0.29) is 17.7 Å². The highest BCUT2D eigenvalue weighted by molar-refractivity contribution is 5.81. The number of nitrogens with one attached hydrogen (secondary N) is 1. The molecule has 0 radical (unpaired) electrons. The van der Waals surface area contributed by atoms with Crippen molar-refractivity contribution in [1.29, 1.82) is 0 Å². The van der Waals surface area contributed by atoms with E-state index in [1.165, 1.54) is 11.1 Å². The third-order valence-electron chi connectivity index (χ3n) is 8.01. The SMILES string of the molecule is Cc1cc2cc([C@H](c3nnnn3C[C@@H]3CCCO3)N3CCN(Cc4ccccc4)CC3)c(=O)[nH]c2cc1C. The van der Waals surface area contributed by atoms with Crippen LogP contribution in [-0.2, 0) is 17.8 Å². The van der Waals surface area contributed by atoms with Gasteiger partial charge in [-0.2, -0.15) is 0 Å². The van der Waals surface area contributed by atoms with Crippen LogP contribution in [0, 0.1) is 13.8 Å². The first-order valence-electron chi connectivity index (χ1n) is 13.6. The van der Waals surface area contributed by atoms with Crippen LogP contribution in [0.1, 0.15) is 47.0 Å². The predicted molar refractivity (Wildman–Crippen MR) is 146 cm³/mol. The molecule has 1 N–H and O–H groups in total. The summed E-state index contributed by atoms with van der Waals surface area (Å²) in [6, 6.07) is 16.5. The van der Waals surface area contributed by atoms with Crippen LogP contribution in [0.25, 0.3) is 10.9 Å². The van der Waals surface area contributed by atoms with Gasteiger partial charge < -0.3 is 9.72 Å². The van der Waals surface area contributed by atoms with Crippen LogP contribution in [0.15, 0.2) is 53.3 Å². The number of piperazine rings is 1. The van der Waals surface area contributed by atoms with Crippen LogP contribution >= 0.6 is 0 Å². The first-order valence-corrected chi connectivity index (χ1v) is 13.6. The molecule has 0 unspecified atom stereocenters. The van der Waals surface area contributed by atoms with Crippen LogP contribution < -0.4 is 5.56 Å². The zero-order valence-electron chi connectivity index (χ0n) is 22.1. The third kappa shape index (κ3) is 5.14. The highest BCUT2D eigenvalue weighted by Gasteiger charge is 2.33. The summed E-state index contributed by atoms with van der Waals surface area (Å²) in [4.78, 5) is 21.5. The second-order valence-corrected chi connectivity index (χ2v) is 10.6. The van der Waals surface area contributed by atoms with Crippen LogP contribution in [-0.4, -0.2) is 73.9 Å². The molecule has 0 amide bonds. The molecule has 2 aromatic carbocycles. The zero-order valence-corrected chi connectivity index (χ0v) is 22.1. The first-order chi connectivity index (χ1) is 18.5. The summed E-state index contributed by atoms with van der Waals surface area (Å²) >= 11 is 0. The average molecular weight is 514 g/mol. The van der Waals surface area contributed by atoms with Gasteiger partial charge in [-0.05, 0) is 77.4 Å². The highest BCUT2D eigenvalue weighted by atomic mass is 16.5. The van der Waals surface area contributed by atoms with E-state index in [0.29, 0.717) is 17.9 Å². The Balaban J connectivity index is 1.34. The van der Waals surface area contributed by atoms with Gasteiger partial charge in [0.05, 0.1) is 12.6 Å². The van der Waals surface area contributed by atoms with Gasteiger partial charge in [0.2, 0.25) is 0 Å². The normalized spacial score (nSPS) is 19.8. The molecule has 2 atom stereocenters. The van der Waals surface area contributed by atoms with Crippen molar-refractivity contribution >= 4 is 10.9 Å². The number of hydrogen-bond acceptors (Lipinski definition) is 7. The maximum atomic E-state index is 13.6. The average Bonchev–Trinajstić information content (AvgIpc) is 3.60. The van der Waals surface area contributed by atoms with Crippen molar-refractivity contribution in [1.82, 2.24) is 35.0 Å². The van der Waals surface area contributed by atoms with Gasteiger partial charge in [0, 0.05) is 50.4 Å². The molecule has 2 aliphatic heterocycles. The number of rotatable bonds is 7. The molecule has 6 rings (SSSR count). The lowest BCUT2D eigenvalue weighted by Gasteiger charge is -2.38. The summed E-state index contributed by atoms with van der Waals surface area (Å²) in [6.07, 6.45) is 2.15. The molecule has 198 valence electrons. The Kier molecular flexibility index (Phi) is 7.06. The van der Waals surface area contributed by atoms with Crippen molar-refractivity contribution in [3.63, 3.8) is 0 Å². The standard InChI is InChI=1S/C29H35N7O2/c1-20-15-23-17-25(29(37)30-26(23)16-21(20)2)27(28-31-32-33-36(28)19-24-9-6-14-38-24)35-12-10-34(11-13-35)18-22-7-4-3-5-8-22/h3-5,7-8,15-17,24,27H,6,9-14,18-19H2,1-2H3,(H,30,37)/t24-,27+/m0/s1. The largest absolute Gasteiger partial charge is 0.376 e. The molecule has 0 spiro atoms. The Morgan fingerprint density at radius 3 is 2.61 bits per heavy atom. The Morgan fingerprint density at radius 1 is 1.05 bits per heavy atom. The van der Waals surface area contributed by atoms with E-state index in [0.717, 1.165) is 68.6 Å². The number of aryl methyl sites for hydroxylation is 2.